The van der Waals surface area contributed by atoms with Crippen molar-refractivity contribution in [3.8, 4) is 0 Å². The van der Waals surface area contributed by atoms with E-state index in [1.807, 2.05) is 0 Å². The summed E-state index contributed by atoms with van der Waals surface area (Å²) in [6.45, 7) is 6.63. The molecule has 0 bridgehead atoms. The molecule has 6 heteroatoms. The van der Waals surface area contributed by atoms with E-state index < -0.39 is 6.10 Å². The van der Waals surface area contributed by atoms with Crippen LogP contribution in [0.5, 0.6) is 0 Å². The summed E-state index contributed by atoms with van der Waals surface area (Å²) < 4.78 is 16.9. The minimum atomic E-state index is -0.780. The van der Waals surface area contributed by atoms with Crippen LogP contribution < -0.4 is 0 Å². The molecule has 0 aliphatic rings. The monoisotopic (exact) mass is 967 g/mol. The fraction of sp³-hybridized carbons (Fsp3) is 0.825. The molecule has 0 fully saturated rings. The molecule has 0 saturated heterocycles. The largest absolute Gasteiger partial charge is 0.462 e. The number of rotatable bonds is 55. The van der Waals surface area contributed by atoms with Crippen LogP contribution in [0.2, 0.25) is 0 Å². The average Bonchev–Trinajstić information content (AvgIpc) is 3.35. The third-order valence-corrected chi connectivity index (χ3v) is 13.3. The molecule has 69 heavy (non-hydrogen) atoms. The second kappa shape index (κ2) is 57.9. The maximum absolute atomic E-state index is 12.9. The van der Waals surface area contributed by atoms with Gasteiger partial charge in [-0.3, -0.25) is 14.4 Å². The number of ether oxygens (including phenoxy) is 3. The van der Waals surface area contributed by atoms with Crippen LogP contribution in [0.1, 0.15) is 316 Å². The van der Waals surface area contributed by atoms with Crippen molar-refractivity contribution in [2.24, 2.45) is 0 Å². The Labute approximate surface area is 428 Å². The van der Waals surface area contributed by atoms with Crippen LogP contribution in [0.4, 0.5) is 0 Å². The van der Waals surface area contributed by atoms with Crippen LogP contribution in [0.25, 0.3) is 0 Å². The molecule has 0 aliphatic heterocycles. The molecular weight excluding hydrogens is 853 g/mol. The number of carbonyl (C=O) groups is 3. The highest BCUT2D eigenvalue weighted by Gasteiger charge is 2.19. The van der Waals surface area contributed by atoms with Crippen LogP contribution in [0.15, 0.2) is 48.6 Å². The number of esters is 3. The fourth-order valence-electron chi connectivity index (χ4n) is 8.70. The molecule has 0 spiro atoms. The predicted octanol–water partition coefficient (Wildman–Crippen LogP) is 20.2. The van der Waals surface area contributed by atoms with Crippen molar-refractivity contribution in [3.05, 3.63) is 48.6 Å². The van der Waals surface area contributed by atoms with E-state index in [-0.39, 0.29) is 31.1 Å². The smallest absolute Gasteiger partial charge is 0.306 e. The van der Waals surface area contributed by atoms with E-state index in [1.165, 1.54) is 199 Å². The Balaban J connectivity index is 4.37. The van der Waals surface area contributed by atoms with Gasteiger partial charge in [0.15, 0.2) is 6.10 Å². The molecule has 1 atom stereocenters. The lowest BCUT2D eigenvalue weighted by atomic mass is 10.1. The molecule has 0 unspecified atom stereocenters. The average molecular weight is 968 g/mol. The maximum atomic E-state index is 12.9. The first-order chi connectivity index (χ1) is 34.0. The van der Waals surface area contributed by atoms with Gasteiger partial charge in [-0.25, -0.2) is 0 Å². The zero-order valence-electron chi connectivity index (χ0n) is 46.1. The molecule has 0 aromatic heterocycles. The molecule has 0 heterocycles. The topological polar surface area (TPSA) is 78.9 Å². The molecule has 0 amide bonds. The molecule has 0 saturated carbocycles. The van der Waals surface area contributed by atoms with Gasteiger partial charge in [0.05, 0.1) is 0 Å². The second-order valence-corrected chi connectivity index (χ2v) is 20.2. The van der Waals surface area contributed by atoms with Crippen LogP contribution in [0.3, 0.4) is 0 Å². The van der Waals surface area contributed by atoms with E-state index >= 15 is 0 Å². The second-order valence-electron chi connectivity index (χ2n) is 20.2. The summed E-state index contributed by atoms with van der Waals surface area (Å²) >= 11 is 0. The van der Waals surface area contributed by atoms with Gasteiger partial charge in [0.25, 0.3) is 0 Å². The highest BCUT2D eigenvalue weighted by molar-refractivity contribution is 5.71. The number of allylic oxidation sites excluding steroid dienone is 8. The standard InChI is InChI=1S/C63H114O6/c1-4-7-10-13-16-19-22-25-28-30-31-33-36-39-42-45-48-51-54-57-63(66)69-60(58-67-61(64)55-52-49-46-43-40-37-34-27-24-21-18-15-12-9-6-3)59-68-62(65)56-53-50-47-44-41-38-35-32-29-26-23-20-17-14-11-8-5-2/h17,20,25-29,34,60H,4-16,18-19,21-24,30-33,35-59H2,1-3H3/b20-17-,28-25-,29-26-,34-27-/t60-/m0/s1. The first-order valence-corrected chi connectivity index (χ1v) is 30.1. The van der Waals surface area contributed by atoms with Gasteiger partial charge in [0.1, 0.15) is 13.2 Å². The van der Waals surface area contributed by atoms with Crippen molar-refractivity contribution < 1.29 is 28.6 Å². The lowest BCUT2D eigenvalue weighted by Crippen LogP contribution is -2.30. The summed E-state index contributed by atoms with van der Waals surface area (Å²) in [6.07, 6.45) is 71.0. The third-order valence-electron chi connectivity index (χ3n) is 13.3. The summed E-state index contributed by atoms with van der Waals surface area (Å²) in [4.78, 5) is 38.2. The first-order valence-electron chi connectivity index (χ1n) is 30.1. The summed E-state index contributed by atoms with van der Waals surface area (Å²) in [5, 5.41) is 0. The third kappa shape index (κ3) is 56.2. The zero-order valence-corrected chi connectivity index (χ0v) is 46.1. The van der Waals surface area contributed by atoms with Crippen LogP contribution in [-0.4, -0.2) is 37.2 Å². The van der Waals surface area contributed by atoms with Crippen molar-refractivity contribution in [3.63, 3.8) is 0 Å². The van der Waals surface area contributed by atoms with E-state index in [9.17, 15) is 14.4 Å². The van der Waals surface area contributed by atoms with E-state index in [0.717, 1.165) is 77.0 Å². The molecular formula is C63H114O6. The van der Waals surface area contributed by atoms with E-state index in [0.29, 0.717) is 19.3 Å². The molecule has 0 radical (unpaired) electrons. The van der Waals surface area contributed by atoms with Crippen molar-refractivity contribution in [1.29, 1.82) is 0 Å². The van der Waals surface area contributed by atoms with Gasteiger partial charge in [-0.2, -0.15) is 0 Å². The lowest BCUT2D eigenvalue weighted by molar-refractivity contribution is -0.167. The van der Waals surface area contributed by atoms with Crippen molar-refractivity contribution in [2.45, 2.75) is 322 Å². The summed E-state index contributed by atoms with van der Waals surface area (Å²) in [6, 6.07) is 0. The minimum Gasteiger partial charge on any atom is -0.462 e. The van der Waals surface area contributed by atoms with Gasteiger partial charge < -0.3 is 14.2 Å². The van der Waals surface area contributed by atoms with E-state index in [1.54, 1.807) is 0 Å². The van der Waals surface area contributed by atoms with Crippen molar-refractivity contribution >= 4 is 17.9 Å². The quantitative estimate of drug-likeness (QED) is 0.0262. The highest BCUT2D eigenvalue weighted by Crippen LogP contribution is 2.16. The molecule has 0 aromatic carbocycles. The number of hydrogen-bond donors (Lipinski definition) is 0. The summed E-state index contributed by atoms with van der Waals surface area (Å²) in [5.74, 6) is -0.881. The molecule has 6 nitrogen and oxygen atoms in total. The molecule has 0 N–H and O–H groups in total. The highest BCUT2D eigenvalue weighted by atomic mass is 16.6. The predicted molar refractivity (Wildman–Crippen MR) is 298 cm³/mol. The number of unbranched alkanes of at least 4 members (excludes halogenated alkanes) is 36. The molecule has 0 rings (SSSR count). The summed E-state index contributed by atoms with van der Waals surface area (Å²) in [7, 11) is 0. The Morgan fingerprint density at radius 2 is 0.522 bits per heavy atom. The molecule has 0 aromatic rings. The number of hydrogen-bond acceptors (Lipinski definition) is 6. The van der Waals surface area contributed by atoms with Gasteiger partial charge in [-0.15, -0.1) is 0 Å². The van der Waals surface area contributed by atoms with Crippen molar-refractivity contribution in [2.75, 3.05) is 13.2 Å². The Bertz CT molecular complexity index is 1200. The SMILES string of the molecule is CCCCC/C=C\C/C=C\CCCCCCCCCC(=O)OC[C@H](COC(=O)CCCCCCC/C=C\CCCCCCCC)OC(=O)CCCCCCCCCCC/C=C\CCCCCCCC. The van der Waals surface area contributed by atoms with Gasteiger partial charge in [0.2, 0.25) is 0 Å². The molecule has 402 valence electrons. The van der Waals surface area contributed by atoms with Crippen LogP contribution >= 0.6 is 0 Å². The van der Waals surface area contributed by atoms with Gasteiger partial charge in [0, 0.05) is 19.3 Å². The fourth-order valence-corrected chi connectivity index (χ4v) is 8.70. The Hall–Kier alpha value is -2.63. The lowest BCUT2D eigenvalue weighted by Gasteiger charge is -2.18. The Morgan fingerprint density at radius 3 is 0.841 bits per heavy atom. The minimum absolute atomic E-state index is 0.0789. The zero-order chi connectivity index (χ0) is 50.0. The van der Waals surface area contributed by atoms with Gasteiger partial charge in [-0.1, -0.05) is 243 Å². The maximum Gasteiger partial charge on any atom is 0.306 e. The van der Waals surface area contributed by atoms with Gasteiger partial charge >= 0.3 is 17.9 Å². The first kappa shape index (κ1) is 66.4. The van der Waals surface area contributed by atoms with Crippen LogP contribution in [0, 0.1) is 0 Å². The molecule has 0 aliphatic carbocycles. The Morgan fingerprint density at radius 1 is 0.290 bits per heavy atom. The van der Waals surface area contributed by atoms with Gasteiger partial charge in [-0.05, 0) is 103 Å². The van der Waals surface area contributed by atoms with Crippen LogP contribution in [-0.2, 0) is 28.6 Å². The normalized spacial score (nSPS) is 12.3. The summed E-state index contributed by atoms with van der Waals surface area (Å²) in [5.41, 5.74) is 0. The Kier molecular flexibility index (Phi) is 55.7. The van der Waals surface area contributed by atoms with E-state index in [2.05, 4.69) is 69.4 Å². The number of carbonyl (C=O) groups excluding carboxylic acids is 3. The van der Waals surface area contributed by atoms with E-state index in [4.69, 9.17) is 14.2 Å². The van der Waals surface area contributed by atoms with Crippen molar-refractivity contribution in [1.82, 2.24) is 0 Å².